The van der Waals surface area contributed by atoms with Crippen molar-refractivity contribution in [1.29, 1.82) is 0 Å². The van der Waals surface area contributed by atoms with Gasteiger partial charge in [0.15, 0.2) is 0 Å². The first-order valence-corrected chi connectivity index (χ1v) is 11.2. The SMILES string of the molecule is CC(CSc1ccccc1)C(Sc1ccccc1)Sc1ccccc1. The van der Waals surface area contributed by atoms with Gasteiger partial charge in [0.05, 0.1) is 4.58 Å². The number of benzene rings is 3. The van der Waals surface area contributed by atoms with Crippen molar-refractivity contribution < 1.29 is 0 Å². The molecule has 0 amide bonds. The molecular formula is C22H22S3. The van der Waals surface area contributed by atoms with Gasteiger partial charge in [0, 0.05) is 20.4 Å². The Morgan fingerprint density at radius 2 is 1.00 bits per heavy atom. The van der Waals surface area contributed by atoms with E-state index in [2.05, 4.69) is 97.9 Å². The van der Waals surface area contributed by atoms with E-state index in [0.29, 0.717) is 10.5 Å². The van der Waals surface area contributed by atoms with E-state index in [1.165, 1.54) is 14.7 Å². The van der Waals surface area contributed by atoms with E-state index in [4.69, 9.17) is 0 Å². The van der Waals surface area contributed by atoms with Crippen molar-refractivity contribution in [3.05, 3.63) is 91.0 Å². The molecule has 3 aromatic carbocycles. The molecule has 128 valence electrons. The number of hydrogen-bond acceptors (Lipinski definition) is 3. The molecule has 0 saturated heterocycles. The summed E-state index contributed by atoms with van der Waals surface area (Å²) in [7, 11) is 0. The van der Waals surface area contributed by atoms with E-state index < -0.39 is 0 Å². The summed E-state index contributed by atoms with van der Waals surface area (Å²) in [5.74, 6) is 1.70. The zero-order valence-electron chi connectivity index (χ0n) is 14.2. The van der Waals surface area contributed by atoms with Crippen LogP contribution in [0.1, 0.15) is 6.92 Å². The van der Waals surface area contributed by atoms with Gasteiger partial charge in [-0.25, -0.2) is 0 Å². The lowest BCUT2D eigenvalue weighted by Crippen LogP contribution is -2.13. The van der Waals surface area contributed by atoms with Crippen LogP contribution < -0.4 is 0 Å². The van der Waals surface area contributed by atoms with Gasteiger partial charge in [-0.2, -0.15) is 0 Å². The fourth-order valence-corrected chi connectivity index (χ4v) is 6.27. The average molecular weight is 383 g/mol. The summed E-state index contributed by atoms with van der Waals surface area (Å²) in [5, 5.41) is 0. The highest BCUT2D eigenvalue weighted by Crippen LogP contribution is 2.41. The Bertz CT molecular complexity index is 687. The summed E-state index contributed by atoms with van der Waals surface area (Å²) in [4.78, 5) is 4.03. The molecule has 0 spiro atoms. The maximum absolute atomic E-state index is 2.37. The topological polar surface area (TPSA) is 0 Å². The molecule has 3 heteroatoms. The largest absolute Gasteiger partial charge is 0.126 e. The van der Waals surface area contributed by atoms with E-state index in [9.17, 15) is 0 Å². The fraction of sp³-hybridized carbons (Fsp3) is 0.182. The summed E-state index contributed by atoms with van der Waals surface area (Å²) < 4.78 is 0.487. The predicted molar refractivity (Wildman–Crippen MR) is 115 cm³/mol. The molecule has 0 fully saturated rings. The van der Waals surface area contributed by atoms with Gasteiger partial charge in [-0.15, -0.1) is 35.3 Å². The van der Waals surface area contributed by atoms with Crippen LogP contribution in [0.4, 0.5) is 0 Å². The average Bonchev–Trinajstić information content (AvgIpc) is 2.68. The van der Waals surface area contributed by atoms with Crippen molar-refractivity contribution in [2.75, 3.05) is 5.75 Å². The molecule has 0 radical (unpaired) electrons. The minimum absolute atomic E-state index is 0.487. The van der Waals surface area contributed by atoms with Crippen LogP contribution in [0.5, 0.6) is 0 Å². The molecule has 0 bridgehead atoms. The van der Waals surface area contributed by atoms with E-state index in [1.54, 1.807) is 0 Å². The molecule has 0 aliphatic rings. The highest BCUT2D eigenvalue weighted by molar-refractivity contribution is 8.17. The molecule has 0 saturated carbocycles. The molecule has 25 heavy (non-hydrogen) atoms. The lowest BCUT2D eigenvalue weighted by molar-refractivity contribution is 0.733. The summed E-state index contributed by atoms with van der Waals surface area (Å²) in [5.41, 5.74) is 0. The van der Waals surface area contributed by atoms with Crippen LogP contribution in [0.15, 0.2) is 106 Å². The Morgan fingerprint density at radius 3 is 1.44 bits per heavy atom. The van der Waals surface area contributed by atoms with Crippen LogP contribution in [-0.4, -0.2) is 10.3 Å². The maximum atomic E-state index is 2.37. The first-order valence-electron chi connectivity index (χ1n) is 8.42. The molecule has 1 unspecified atom stereocenters. The molecule has 0 aliphatic carbocycles. The van der Waals surface area contributed by atoms with Crippen molar-refractivity contribution in [2.24, 2.45) is 5.92 Å². The second-order valence-corrected chi connectivity index (χ2v) is 9.65. The third kappa shape index (κ3) is 6.18. The molecule has 0 aliphatic heterocycles. The van der Waals surface area contributed by atoms with E-state index in [0.717, 1.165) is 5.75 Å². The fourth-order valence-electron chi connectivity index (χ4n) is 2.35. The van der Waals surface area contributed by atoms with Crippen molar-refractivity contribution >= 4 is 35.3 Å². The van der Waals surface area contributed by atoms with Crippen molar-refractivity contribution in [3.8, 4) is 0 Å². The minimum Gasteiger partial charge on any atom is -0.126 e. The zero-order valence-corrected chi connectivity index (χ0v) is 16.7. The quantitative estimate of drug-likeness (QED) is 0.296. The summed E-state index contributed by atoms with van der Waals surface area (Å²) in [6.07, 6.45) is 0. The van der Waals surface area contributed by atoms with Crippen molar-refractivity contribution in [2.45, 2.75) is 26.2 Å². The van der Waals surface area contributed by atoms with Gasteiger partial charge in [-0.1, -0.05) is 61.5 Å². The molecule has 3 rings (SSSR count). The lowest BCUT2D eigenvalue weighted by Gasteiger charge is -2.23. The first-order chi connectivity index (χ1) is 12.3. The van der Waals surface area contributed by atoms with Crippen LogP contribution in [0, 0.1) is 5.92 Å². The second kappa shape index (κ2) is 10.0. The zero-order chi connectivity index (χ0) is 17.3. The van der Waals surface area contributed by atoms with Gasteiger partial charge in [0.2, 0.25) is 0 Å². The monoisotopic (exact) mass is 382 g/mol. The summed E-state index contributed by atoms with van der Waals surface area (Å²) >= 11 is 5.90. The number of thioether (sulfide) groups is 3. The molecule has 1 atom stereocenters. The molecule has 0 nitrogen and oxygen atoms in total. The Hall–Kier alpha value is -1.29. The smallest absolute Gasteiger partial charge is 0.0630 e. The second-order valence-electron chi connectivity index (χ2n) is 5.83. The predicted octanol–water partition coefficient (Wildman–Crippen LogP) is 7.33. The molecule has 0 heterocycles. The van der Waals surface area contributed by atoms with Gasteiger partial charge in [0.1, 0.15) is 0 Å². The highest BCUT2D eigenvalue weighted by atomic mass is 32.2. The molecule has 3 aromatic rings. The van der Waals surface area contributed by atoms with E-state index in [1.807, 2.05) is 35.3 Å². The van der Waals surface area contributed by atoms with Crippen LogP contribution >= 0.6 is 35.3 Å². The highest BCUT2D eigenvalue weighted by Gasteiger charge is 2.20. The first kappa shape index (κ1) is 18.5. The Kier molecular flexibility index (Phi) is 7.40. The third-order valence-corrected chi connectivity index (χ3v) is 8.07. The van der Waals surface area contributed by atoms with Crippen molar-refractivity contribution in [3.63, 3.8) is 0 Å². The number of rotatable bonds is 8. The van der Waals surface area contributed by atoms with Gasteiger partial charge < -0.3 is 0 Å². The van der Waals surface area contributed by atoms with Crippen LogP contribution in [-0.2, 0) is 0 Å². The van der Waals surface area contributed by atoms with Crippen LogP contribution in [0.2, 0.25) is 0 Å². The van der Waals surface area contributed by atoms with Gasteiger partial charge in [-0.3, -0.25) is 0 Å². The molecular weight excluding hydrogens is 360 g/mol. The van der Waals surface area contributed by atoms with Crippen molar-refractivity contribution in [1.82, 2.24) is 0 Å². The Labute approximate surface area is 163 Å². The number of hydrogen-bond donors (Lipinski definition) is 0. The van der Waals surface area contributed by atoms with Crippen LogP contribution in [0.3, 0.4) is 0 Å². The summed E-state index contributed by atoms with van der Waals surface area (Å²) in [6.45, 7) is 2.37. The van der Waals surface area contributed by atoms with Gasteiger partial charge in [0.25, 0.3) is 0 Å². The van der Waals surface area contributed by atoms with Crippen LogP contribution in [0.25, 0.3) is 0 Å². The standard InChI is InChI=1S/C22H22S3/c1-18(17-23-19-11-5-2-6-12-19)22(24-20-13-7-3-8-14-20)25-21-15-9-4-10-16-21/h2-16,18,22H,17H2,1H3. The Morgan fingerprint density at radius 1 is 0.600 bits per heavy atom. The van der Waals surface area contributed by atoms with E-state index in [-0.39, 0.29) is 0 Å². The minimum atomic E-state index is 0.487. The molecule has 0 aromatic heterocycles. The maximum Gasteiger partial charge on any atom is 0.0630 e. The third-order valence-electron chi connectivity index (χ3n) is 3.71. The van der Waals surface area contributed by atoms with Gasteiger partial charge in [-0.05, 0) is 42.3 Å². The van der Waals surface area contributed by atoms with E-state index >= 15 is 0 Å². The van der Waals surface area contributed by atoms with Gasteiger partial charge >= 0.3 is 0 Å². The summed E-state index contributed by atoms with van der Waals surface area (Å²) in [6, 6.07) is 32.2. The Balaban J connectivity index is 1.68. The normalized spacial score (nSPS) is 12.2. The molecule has 0 N–H and O–H groups in total. The lowest BCUT2D eigenvalue weighted by atomic mass is 10.3.